The van der Waals surface area contributed by atoms with Crippen LogP contribution in [0, 0.1) is 34.6 Å². The van der Waals surface area contributed by atoms with Crippen molar-refractivity contribution >= 4 is 10.0 Å². The van der Waals surface area contributed by atoms with Crippen molar-refractivity contribution in [2.75, 3.05) is 26.2 Å². The van der Waals surface area contributed by atoms with Gasteiger partial charge in [0, 0.05) is 32.6 Å². The molecule has 1 fully saturated rings. The van der Waals surface area contributed by atoms with Crippen LogP contribution in [0.15, 0.2) is 9.42 Å². The van der Waals surface area contributed by atoms with Crippen LogP contribution < -0.4 is 0 Å². The van der Waals surface area contributed by atoms with Crippen molar-refractivity contribution in [3.63, 3.8) is 0 Å². The van der Waals surface area contributed by atoms with E-state index in [-0.39, 0.29) is 0 Å². The standard InChI is InChI=1S/C20H30N4O3S/c1-7-18-21-19(27-22-18)12-23-8-10-24(11-9-23)28(25,26)20-16(5)14(3)13(2)15(4)17(20)6/h7-12H2,1-6H3. The third kappa shape index (κ3) is 3.73. The molecule has 0 amide bonds. The summed E-state index contributed by atoms with van der Waals surface area (Å²) in [5, 5.41) is 3.92. The monoisotopic (exact) mass is 406 g/mol. The summed E-state index contributed by atoms with van der Waals surface area (Å²) in [5.41, 5.74) is 5.01. The topological polar surface area (TPSA) is 79.5 Å². The molecule has 1 aliphatic rings. The van der Waals surface area contributed by atoms with Crippen LogP contribution in [0.4, 0.5) is 0 Å². The minimum Gasteiger partial charge on any atom is -0.338 e. The summed E-state index contributed by atoms with van der Waals surface area (Å²) in [6.07, 6.45) is 0.740. The van der Waals surface area contributed by atoms with Crippen molar-refractivity contribution < 1.29 is 12.9 Å². The van der Waals surface area contributed by atoms with E-state index in [2.05, 4.69) is 22.0 Å². The van der Waals surface area contributed by atoms with E-state index in [0.29, 0.717) is 49.3 Å². The van der Waals surface area contributed by atoms with Crippen molar-refractivity contribution in [3.05, 3.63) is 39.5 Å². The summed E-state index contributed by atoms with van der Waals surface area (Å²) in [5.74, 6) is 1.29. The predicted octanol–water partition coefficient (Wildman–Crippen LogP) is 2.68. The minimum absolute atomic E-state index is 0.460. The number of hydrogen-bond acceptors (Lipinski definition) is 6. The van der Waals surface area contributed by atoms with Gasteiger partial charge < -0.3 is 4.52 Å². The number of piperazine rings is 1. The first-order valence-corrected chi connectivity index (χ1v) is 11.2. The smallest absolute Gasteiger partial charge is 0.243 e. The zero-order valence-electron chi connectivity index (χ0n) is 17.7. The second-order valence-electron chi connectivity index (χ2n) is 7.59. The Kier molecular flexibility index (Phi) is 5.93. The van der Waals surface area contributed by atoms with Gasteiger partial charge in [-0.3, -0.25) is 4.90 Å². The van der Waals surface area contributed by atoms with Gasteiger partial charge in [-0.25, -0.2) is 8.42 Å². The molecular weight excluding hydrogens is 376 g/mol. The molecule has 1 saturated heterocycles. The average Bonchev–Trinajstić information content (AvgIpc) is 3.13. The summed E-state index contributed by atoms with van der Waals surface area (Å²) in [7, 11) is -3.53. The first-order chi connectivity index (χ1) is 13.2. The first kappa shape index (κ1) is 21.0. The van der Waals surface area contributed by atoms with E-state index < -0.39 is 10.0 Å². The Morgan fingerprint density at radius 1 is 0.893 bits per heavy atom. The number of aryl methyl sites for hydroxylation is 1. The Bertz CT molecular complexity index is 945. The molecular formula is C20H30N4O3S. The highest BCUT2D eigenvalue weighted by Gasteiger charge is 2.32. The summed E-state index contributed by atoms with van der Waals surface area (Å²) in [6.45, 7) is 14.6. The molecule has 0 atom stereocenters. The van der Waals surface area contributed by atoms with E-state index in [1.807, 2.05) is 34.6 Å². The van der Waals surface area contributed by atoms with E-state index in [4.69, 9.17) is 4.52 Å². The summed E-state index contributed by atoms with van der Waals surface area (Å²) >= 11 is 0. The number of sulfonamides is 1. The molecule has 0 N–H and O–H groups in total. The Morgan fingerprint density at radius 2 is 1.43 bits per heavy atom. The molecule has 0 unspecified atom stereocenters. The van der Waals surface area contributed by atoms with Crippen molar-refractivity contribution in [2.24, 2.45) is 0 Å². The number of hydrogen-bond donors (Lipinski definition) is 0. The molecule has 2 aromatic rings. The molecule has 8 heteroatoms. The minimum atomic E-state index is -3.53. The lowest BCUT2D eigenvalue weighted by atomic mass is 9.95. The van der Waals surface area contributed by atoms with Crippen LogP contribution in [-0.4, -0.2) is 53.9 Å². The summed E-state index contributed by atoms with van der Waals surface area (Å²) in [4.78, 5) is 6.97. The maximum absolute atomic E-state index is 13.4. The van der Waals surface area contributed by atoms with E-state index in [1.54, 1.807) is 4.31 Å². The van der Waals surface area contributed by atoms with E-state index in [1.165, 1.54) is 5.56 Å². The molecule has 0 bridgehead atoms. The quantitative estimate of drug-likeness (QED) is 0.760. The third-order valence-electron chi connectivity index (χ3n) is 6.05. The van der Waals surface area contributed by atoms with Gasteiger partial charge in [0.1, 0.15) is 0 Å². The van der Waals surface area contributed by atoms with Crippen LogP contribution in [0.25, 0.3) is 0 Å². The molecule has 0 aliphatic carbocycles. The average molecular weight is 407 g/mol. The predicted molar refractivity (Wildman–Crippen MR) is 108 cm³/mol. The zero-order chi connectivity index (χ0) is 20.6. The molecule has 28 heavy (non-hydrogen) atoms. The third-order valence-corrected chi connectivity index (χ3v) is 8.22. The molecule has 3 rings (SSSR count). The van der Waals surface area contributed by atoms with Crippen LogP contribution in [-0.2, 0) is 23.0 Å². The molecule has 0 radical (unpaired) electrons. The second-order valence-corrected chi connectivity index (χ2v) is 9.47. The second kappa shape index (κ2) is 7.93. The van der Waals surface area contributed by atoms with Crippen LogP contribution in [0.2, 0.25) is 0 Å². The van der Waals surface area contributed by atoms with Gasteiger partial charge in [0.2, 0.25) is 15.9 Å². The fourth-order valence-electron chi connectivity index (χ4n) is 3.80. The highest BCUT2D eigenvalue weighted by molar-refractivity contribution is 7.89. The van der Waals surface area contributed by atoms with Crippen LogP contribution in [0.1, 0.15) is 46.5 Å². The highest BCUT2D eigenvalue weighted by Crippen LogP contribution is 2.32. The molecule has 1 aromatic carbocycles. The number of rotatable bonds is 5. The Labute approximate surface area is 167 Å². The normalized spacial score (nSPS) is 16.6. The van der Waals surface area contributed by atoms with E-state index in [9.17, 15) is 8.42 Å². The van der Waals surface area contributed by atoms with Crippen LogP contribution in [0.5, 0.6) is 0 Å². The SMILES string of the molecule is CCc1noc(CN2CCN(S(=O)(=O)c3c(C)c(C)c(C)c(C)c3C)CC2)n1. The molecule has 7 nitrogen and oxygen atoms in total. The Balaban J connectivity index is 1.77. The number of aromatic nitrogens is 2. The molecule has 0 spiro atoms. The van der Waals surface area contributed by atoms with Gasteiger partial charge in [-0.15, -0.1) is 0 Å². The molecule has 1 aliphatic heterocycles. The summed E-state index contributed by atoms with van der Waals surface area (Å²) in [6, 6.07) is 0. The largest absolute Gasteiger partial charge is 0.338 e. The van der Waals surface area contributed by atoms with Crippen molar-refractivity contribution in [3.8, 4) is 0 Å². The van der Waals surface area contributed by atoms with Crippen molar-refractivity contribution in [2.45, 2.75) is 59.4 Å². The fourth-order valence-corrected chi connectivity index (χ4v) is 5.78. The van der Waals surface area contributed by atoms with Gasteiger partial charge in [-0.1, -0.05) is 12.1 Å². The van der Waals surface area contributed by atoms with E-state index in [0.717, 1.165) is 28.7 Å². The van der Waals surface area contributed by atoms with Crippen LogP contribution in [0.3, 0.4) is 0 Å². The molecule has 154 valence electrons. The first-order valence-electron chi connectivity index (χ1n) is 9.77. The lowest BCUT2D eigenvalue weighted by molar-refractivity contribution is 0.163. The maximum Gasteiger partial charge on any atom is 0.243 e. The van der Waals surface area contributed by atoms with Crippen LogP contribution >= 0.6 is 0 Å². The van der Waals surface area contributed by atoms with Gasteiger partial charge in [0.05, 0.1) is 11.4 Å². The van der Waals surface area contributed by atoms with Gasteiger partial charge in [-0.05, 0) is 62.4 Å². The van der Waals surface area contributed by atoms with Crippen molar-refractivity contribution in [1.82, 2.24) is 19.3 Å². The van der Waals surface area contributed by atoms with Gasteiger partial charge in [0.15, 0.2) is 5.82 Å². The lowest BCUT2D eigenvalue weighted by Gasteiger charge is -2.34. The van der Waals surface area contributed by atoms with Crippen molar-refractivity contribution in [1.29, 1.82) is 0 Å². The summed E-state index contributed by atoms with van der Waals surface area (Å²) < 4.78 is 33.7. The van der Waals surface area contributed by atoms with Gasteiger partial charge >= 0.3 is 0 Å². The highest BCUT2D eigenvalue weighted by atomic mass is 32.2. The number of benzene rings is 1. The fraction of sp³-hybridized carbons (Fsp3) is 0.600. The lowest BCUT2D eigenvalue weighted by Crippen LogP contribution is -2.48. The number of nitrogens with zero attached hydrogens (tertiary/aromatic N) is 4. The molecule has 2 heterocycles. The molecule has 1 aromatic heterocycles. The van der Waals surface area contributed by atoms with E-state index >= 15 is 0 Å². The van der Waals surface area contributed by atoms with Gasteiger partial charge in [0.25, 0.3) is 0 Å². The zero-order valence-corrected chi connectivity index (χ0v) is 18.5. The Morgan fingerprint density at radius 3 is 1.93 bits per heavy atom. The Hall–Kier alpha value is -1.77. The molecule has 0 saturated carbocycles. The maximum atomic E-state index is 13.4. The van der Waals surface area contributed by atoms with Gasteiger partial charge in [-0.2, -0.15) is 9.29 Å².